The minimum Gasteiger partial charge on any atom is -0.397 e. The van der Waals surface area contributed by atoms with Gasteiger partial charge in [-0.15, -0.1) is 0 Å². The molecule has 140 valence electrons. The lowest BCUT2D eigenvalue weighted by Crippen LogP contribution is -2.25. The smallest absolute Gasteiger partial charge is 0.397 e. The molecule has 0 spiro atoms. The molecule has 0 bridgehead atoms. The number of hydrogen-bond acceptors (Lipinski definition) is 6. The number of nitrogens with two attached hydrogens (primary N) is 3. The number of benzene rings is 2. The summed E-state index contributed by atoms with van der Waals surface area (Å²) in [6.45, 7) is 0. The van der Waals surface area contributed by atoms with Crippen molar-refractivity contribution in [3.05, 3.63) is 65.9 Å². The van der Waals surface area contributed by atoms with Crippen LogP contribution in [-0.4, -0.2) is 8.42 Å². The Bertz CT molecular complexity index is 895. The van der Waals surface area contributed by atoms with Crippen LogP contribution in [0.3, 0.4) is 0 Å². The molecule has 0 unspecified atom stereocenters. The van der Waals surface area contributed by atoms with Crippen LogP contribution in [-0.2, 0) is 16.5 Å². The molecule has 0 heterocycles. The molecule has 2 aromatic carbocycles. The molecule has 0 aliphatic rings. The molecule has 6 N–H and O–H groups in total. The van der Waals surface area contributed by atoms with Gasteiger partial charge in [-0.05, 0) is 54.1 Å². The maximum Gasteiger partial charge on any atom is 0.416 e. The Morgan fingerprint density at radius 1 is 1.04 bits per heavy atom. The lowest BCUT2D eigenvalue weighted by atomic mass is 10.1. The quantitative estimate of drug-likeness (QED) is 0.531. The van der Waals surface area contributed by atoms with E-state index in [2.05, 4.69) is 4.18 Å². The van der Waals surface area contributed by atoms with Gasteiger partial charge in [-0.3, -0.25) is 5.01 Å². The fourth-order valence-corrected chi connectivity index (χ4v) is 2.34. The van der Waals surface area contributed by atoms with Crippen molar-refractivity contribution in [2.24, 2.45) is 16.7 Å². The number of hydrogen-bond donors (Lipinski definition) is 3. The predicted octanol–water partition coefficient (Wildman–Crippen LogP) is 1.93. The Hall–Kier alpha value is -2.76. The van der Waals surface area contributed by atoms with Gasteiger partial charge in [0.1, 0.15) is 5.75 Å². The third-order valence-electron chi connectivity index (χ3n) is 3.17. The Morgan fingerprint density at radius 2 is 1.58 bits per heavy atom. The van der Waals surface area contributed by atoms with Gasteiger partial charge in [0.15, 0.2) is 0 Å². The topological polar surface area (TPSA) is 125 Å². The summed E-state index contributed by atoms with van der Waals surface area (Å²) in [7, 11) is -4.13. The van der Waals surface area contributed by atoms with Crippen LogP contribution < -0.4 is 25.9 Å². The highest BCUT2D eigenvalue weighted by Crippen LogP contribution is 2.30. The molecular formula is C15H15F3N4O3S. The number of nitrogens with zero attached hydrogens (tertiary/aromatic N) is 1. The highest BCUT2D eigenvalue weighted by Gasteiger charge is 2.30. The molecule has 0 aliphatic carbocycles. The van der Waals surface area contributed by atoms with Crippen LogP contribution in [0.5, 0.6) is 5.75 Å². The van der Waals surface area contributed by atoms with Gasteiger partial charge in [0.25, 0.3) is 0 Å². The minimum absolute atomic E-state index is 0.00334. The lowest BCUT2D eigenvalue weighted by Gasteiger charge is -2.16. The Morgan fingerprint density at radius 3 is 2.04 bits per heavy atom. The van der Waals surface area contributed by atoms with E-state index in [-0.39, 0.29) is 17.1 Å². The average Bonchev–Trinajstić information content (AvgIpc) is 2.53. The normalized spacial score (nSPS) is 12.7. The molecule has 0 atom stereocenters. The van der Waals surface area contributed by atoms with Crippen molar-refractivity contribution in [2.45, 2.75) is 6.18 Å². The molecule has 0 fully saturated rings. The number of rotatable bonds is 5. The molecule has 2 aromatic rings. The number of alkyl halides is 3. The van der Waals surface area contributed by atoms with Crippen LogP contribution in [0.1, 0.15) is 11.1 Å². The fourth-order valence-electron chi connectivity index (χ4n) is 1.96. The van der Waals surface area contributed by atoms with Crippen molar-refractivity contribution < 1.29 is 25.8 Å². The van der Waals surface area contributed by atoms with Crippen molar-refractivity contribution in [3.8, 4) is 5.75 Å². The predicted molar refractivity (Wildman–Crippen MR) is 90.5 cm³/mol. The summed E-state index contributed by atoms with van der Waals surface area (Å²) in [5.41, 5.74) is 6.05. The number of halogens is 3. The third kappa shape index (κ3) is 5.37. The molecule has 0 aliphatic heterocycles. The van der Waals surface area contributed by atoms with Gasteiger partial charge >= 0.3 is 16.5 Å². The van der Waals surface area contributed by atoms with Gasteiger partial charge in [0, 0.05) is 6.20 Å². The summed E-state index contributed by atoms with van der Waals surface area (Å²) in [6, 6.07) is 9.81. The molecule has 0 saturated carbocycles. The van der Waals surface area contributed by atoms with Crippen LogP contribution >= 0.6 is 0 Å². The molecular weight excluding hydrogens is 373 g/mol. The first-order chi connectivity index (χ1) is 12.0. The summed E-state index contributed by atoms with van der Waals surface area (Å²) in [5.74, 6) is 5.78. The largest absolute Gasteiger partial charge is 0.416 e. The highest BCUT2D eigenvalue weighted by atomic mass is 32.2. The van der Waals surface area contributed by atoms with Gasteiger partial charge in [-0.25, -0.2) is 5.84 Å². The summed E-state index contributed by atoms with van der Waals surface area (Å²) in [6.07, 6.45) is -3.13. The van der Waals surface area contributed by atoms with E-state index in [0.29, 0.717) is 5.56 Å². The zero-order valence-electron chi connectivity index (χ0n) is 13.1. The van der Waals surface area contributed by atoms with Crippen LogP contribution in [0.4, 0.5) is 18.9 Å². The van der Waals surface area contributed by atoms with Gasteiger partial charge in [-0.1, -0.05) is 0 Å². The summed E-state index contributed by atoms with van der Waals surface area (Å²) in [5, 5.41) is 5.81. The zero-order chi connectivity index (χ0) is 19.5. The summed E-state index contributed by atoms with van der Waals surface area (Å²) >= 11 is 0. The first-order valence-electron chi connectivity index (χ1n) is 6.97. The van der Waals surface area contributed by atoms with E-state index in [1.54, 1.807) is 0 Å². The van der Waals surface area contributed by atoms with Gasteiger partial charge in [0.2, 0.25) is 0 Å². The zero-order valence-corrected chi connectivity index (χ0v) is 14.0. The lowest BCUT2D eigenvalue weighted by molar-refractivity contribution is -0.137. The Labute approximate surface area is 147 Å². The van der Waals surface area contributed by atoms with E-state index >= 15 is 0 Å². The van der Waals surface area contributed by atoms with Gasteiger partial charge in [-0.2, -0.15) is 26.7 Å². The van der Waals surface area contributed by atoms with Crippen molar-refractivity contribution in [3.63, 3.8) is 0 Å². The van der Waals surface area contributed by atoms with Gasteiger partial charge < -0.3 is 9.92 Å². The molecule has 0 aromatic heterocycles. The summed E-state index contributed by atoms with van der Waals surface area (Å²) < 4.78 is 63.8. The highest BCUT2D eigenvalue weighted by molar-refractivity contribution is 7.84. The first-order valence-corrected chi connectivity index (χ1v) is 8.44. The maximum atomic E-state index is 12.6. The van der Waals surface area contributed by atoms with Crippen LogP contribution in [0, 0.1) is 0 Å². The Kier molecular flexibility index (Phi) is 5.44. The molecule has 11 heteroatoms. The summed E-state index contributed by atoms with van der Waals surface area (Å²) in [4.78, 5) is 0. The molecule has 26 heavy (non-hydrogen) atoms. The van der Waals surface area contributed by atoms with Crippen molar-refractivity contribution in [2.75, 3.05) is 5.01 Å². The van der Waals surface area contributed by atoms with Crippen molar-refractivity contribution >= 4 is 21.7 Å². The number of anilines is 1. The van der Waals surface area contributed by atoms with Crippen LogP contribution in [0.2, 0.25) is 0 Å². The van der Waals surface area contributed by atoms with E-state index in [4.69, 9.17) is 16.7 Å². The number of hydrazine groups is 1. The maximum absolute atomic E-state index is 12.6. The second-order valence-electron chi connectivity index (χ2n) is 5.14. The van der Waals surface area contributed by atoms with E-state index in [1.165, 1.54) is 42.6 Å². The fraction of sp³-hybridized carbons (Fsp3) is 0.0667. The molecule has 7 nitrogen and oxygen atoms in total. The molecule has 0 amide bonds. The van der Waals surface area contributed by atoms with Crippen LogP contribution in [0.25, 0.3) is 5.70 Å². The standard InChI is InChI=1S/C15H15F3N4O3S/c16-15(17,18)11-3-5-12(6-4-11)22(20)9-14(19)10-1-7-13(8-2-10)25-26(21,23)24/h1-9H,19-20H2,(H2,21,23,24)/b14-9-. The third-order valence-corrected chi connectivity index (χ3v) is 3.60. The van der Waals surface area contributed by atoms with E-state index in [0.717, 1.165) is 17.1 Å². The van der Waals surface area contributed by atoms with E-state index in [1.807, 2.05) is 0 Å². The van der Waals surface area contributed by atoms with E-state index in [9.17, 15) is 21.6 Å². The van der Waals surface area contributed by atoms with Crippen molar-refractivity contribution in [1.29, 1.82) is 0 Å². The molecule has 0 radical (unpaired) electrons. The Balaban J connectivity index is 2.15. The molecule has 0 saturated heterocycles. The SMILES string of the molecule is N/C(=C\N(N)c1ccc(C(F)(F)F)cc1)c1ccc(OS(N)(=O)=O)cc1. The molecule has 2 rings (SSSR count). The minimum atomic E-state index is -4.44. The second-order valence-corrected chi connectivity index (χ2v) is 6.29. The first kappa shape index (κ1) is 19.6. The van der Waals surface area contributed by atoms with E-state index < -0.39 is 22.0 Å². The monoisotopic (exact) mass is 388 g/mol. The van der Waals surface area contributed by atoms with Gasteiger partial charge in [0.05, 0.1) is 16.9 Å². The van der Waals surface area contributed by atoms with Crippen LogP contribution in [0.15, 0.2) is 54.7 Å². The average molecular weight is 388 g/mol. The van der Waals surface area contributed by atoms with Crippen molar-refractivity contribution in [1.82, 2.24) is 0 Å². The second kappa shape index (κ2) is 7.23.